The van der Waals surface area contributed by atoms with Gasteiger partial charge in [-0.1, -0.05) is 0 Å². The summed E-state index contributed by atoms with van der Waals surface area (Å²) < 4.78 is 0. The molecule has 1 N–H and O–H groups in total. The van der Waals surface area contributed by atoms with Crippen LogP contribution in [-0.4, -0.2) is 18.2 Å². The summed E-state index contributed by atoms with van der Waals surface area (Å²) in [6.45, 7) is 3.85. The molecule has 0 spiro atoms. The normalized spacial score (nSPS) is 8.29. The summed E-state index contributed by atoms with van der Waals surface area (Å²) in [5, 5.41) is 2.47. The van der Waals surface area contributed by atoms with Gasteiger partial charge >= 0.3 is 0 Å². The number of carbonyl (C=O) groups excluding carboxylic acids is 1. The van der Waals surface area contributed by atoms with Crippen molar-refractivity contribution in [3.8, 4) is 0 Å². The van der Waals surface area contributed by atoms with Gasteiger partial charge in [0.2, 0.25) is 5.91 Å². The summed E-state index contributed by atoms with van der Waals surface area (Å²) in [4.78, 5) is 10.2. The molecule has 0 rings (SSSR count). The Labute approximate surface area is 48.7 Å². The van der Waals surface area contributed by atoms with E-state index in [1.807, 2.05) is 0 Å². The van der Waals surface area contributed by atoms with Gasteiger partial charge in [-0.15, -0.1) is 0 Å². The van der Waals surface area contributed by atoms with E-state index in [2.05, 4.69) is 24.9 Å². The second-order valence-electron chi connectivity index (χ2n) is 1.01. The summed E-state index contributed by atoms with van der Waals surface area (Å²) in [5.41, 5.74) is 0. The fourth-order valence-electron chi connectivity index (χ4n) is 0.195. The van der Waals surface area contributed by atoms with Crippen LogP contribution in [0.1, 0.15) is 0 Å². The highest BCUT2D eigenvalue weighted by Crippen LogP contribution is 1.69. The van der Waals surface area contributed by atoms with Gasteiger partial charge in [0.05, 0.1) is 5.75 Å². The minimum atomic E-state index is -0.0710. The van der Waals surface area contributed by atoms with Gasteiger partial charge in [0.25, 0.3) is 0 Å². The number of thiol groups is 1. The first-order chi connectivity index (χ1) is 3.31. The lowest BCUT2D eigenvalue weighted by Crippen LogP contribution is -2.23. The molecule has 0 bridgehead atoms. The lowest BCUT2D eigenvalue weighted by Gasteiger charge is -1.93. The Hall–Kier alpha value is -0.180. The number of rotatable bonds is 2. The SMILES string of the molecule is [CH2]CNC(=O)CS. The van der Waals surface area contributed by atoms with Crippen LogP contribution in [0.5, 0.6) is 0 Å². The molecule has 0 aliphatic rings. The van der Waals surface area contributed by atoms with Crippen LogP contribution in [0.4, 0.5) is 0 Å². The molecule has 0 fully saturated rings. The van der Waals surface area contributed by atoms with Crippen molar-refractivity contribution in [1.82, 2.24) is 5.32 Å². The highest BCUT2D eigenvalue weighted by Gasteiger charge is 1.89. The molecule has 3 heteroatoms. The van der Waals surface area contributed by atoms with Crippen molar-refractivity contribution < 1.29 is 4.79 Å². The van der Waals surface area contributed by atoms with Crippen molar-refractivity contribution in [2.24, 2.45) is 0 Å². The minimum Gasteiger partial charge on any atom is -0.355 e. The molecule has 0 heterocycles. The minimum absolute atomic E-state index is 0.0710. The molecule has 1 amide bonds. The van der Waals surface area contributed by atoms with Gasteiger partial charge in [0, 0.05) is 6.54 Å². The molecule has 2 nitrogen and oxygen atoms in total. The monoisotopic (exact) mass is 118 g/mol. The third-order valence-electron chi connectivity index (χ3n) is 0.466. The molecule has 0 aromatic heterocycles. The molecular weight excluding hydrogens is 110 g/mol. The van der Waals surface area contributed by atoms with Crippen LogP contribution in [-0.2, 0) is 4.79 Å². The number of amides is 1. The van der Waals surface area contributed by atoms with Crippen LogP contribution in [0.2, 0.25) is 0 Å². The second-order valence-corrected chi connectivity index (χ2v) is 1.32. The predicted molar refractivity (Wildman–Crippen MR) is 32.2 cm³/mol. The van der Waals surface area contributed by atoms with Crippen molar-refractivity contribution in [2.75, 3.05) is 12.3 Å². The van der Waals surface area contributed by atoms with E-state index in [9.17, 15) is 4.79 Å². The van der Waals surface area contributed by atoms with Crippen LogP contribution < -0.4 is 5.32 Å². The van der Waals surface area contributed by atoms with E-state index in [0.717, 1.165) is 0 Å². The molecule has 0 aromatic rings. The highest BCUT2D eigenvalue weighted by molar-refractivity contribution is 7.81. The molecule has 0 saturated heterocycles. The Bertz CT molecular complexity index is 64.7. The van der Waals surface area contributed by atoms with Crippen molar-refractivity contribution in [2.45, 2.75) is 0 Å². The molecule has 0 aliphatic heterocycles. The molecule has 7 heavy (non-hydrogen) atoms. The first-order valence-electron chi connectivity index (χ1n) is 1.98. The fourth-order valence-corrected chi connectivity index (χ4v) is 0.307. The van der Waals surface area contributed by atoms with Crippen LogP contribution in [0.3, 0.4) is 0 Å². The van der Waals surface area contributed by atoms with Crippen LogP contribution in [0.25, 0.3) is 0 Å². The van der Waals surface area contributed by atoms with E-state index in [0.29, 0.717) is 6.54 Å². The molecule has 0 saturated carbocycles. The molecule has 41 valence electrons. The standard InChI is InChI=1S/C4H8NOS/c1-2-5-4(6)3-7/h7H,1-3H2,(H,5,6). The molecule has 0 unspecified atom stereocenters. The molecule has 0 aromatic carbocycles. The predicted octanol–water partition coefficient (Wildman–Crippen LogP) is -0.134. The zero-order chi connectivity index (χ0) is 5.70. The maximum Gasteiger partial charge on any atom is 0.229 e. The van der Waals surface area contributed by atoms with Gasteiger partial charge in [0.1, 0.15) is 0 Å². The molecule has 1 radical (unpaired) electrons. The van der Waals surface area contributed by atoms with E-state index < -0.39 is 0 Å². The first kappa shape index (κ1) is 6.82. The third kappa shape index (κ3) is 3.66. The second kappa shape index (κ2) is 3.99. The van der Waals surface area contributed by atoms with Gasteiger partial charge in [0.15, 0.2) is 0 Å². The van der Waals surface area contributed by atoms with Crippen LogP contribution in [0, 0.1) is 6.92 Å². The van der Waals surface area contributed by atoms with E-state index in [-0.39, 0.29) is 11.7 Å². The van der Waals surface area contributed by atoms with Gasteiger partial charge in [-0.2, -0.15) is 12.6 Å². The molecular formula is C4H8NOS. The third-order valence-corrected chi connectivity index (χ3v) is 0.753. The summed E-state index contributed by atoms with van der Waals surface area (Å²) in [6.07, 6.45) is 0. The zero-order valence-corrected chi connectivity index (χ0v) is 4.87. The average molecular weight is 118 g/mol. The van der Waals surface area contributed by atoms with E-state index >= 15 is 0 Å². The number of hydrogen-bond acceptors (Lipinski definition) is 2. The van der Waals surface area contributed by atoms with Gasteiger partial charge in [-0.05, 0) is 6.92 Å². The van der Waals surface area contributed by atoms with Crippen LogP contribution in [0.15, 0.2) is 0 Å². The highest BCUT2D eigenvalue weighted by atomic mass is 32.1. The number of carbonyl (C=O) groups is 1. The zero-order valence-electron chi connectivity index (χ0n) is 3.98. The van der Waals surface area contributed by atoms with Crippen molar-refractivity contribution in [3.05, 3.63) is 6.92 Å². The first-order valence-corrected chi connectivity index (χ1v) is 2.61. The fraction of sp³-hybridized carbons (Fsp3) is 0.500. The largest absolute Gasteiger partial charge is 0.355 e. The van der Waals surface area contributed by atoms with Gasteiger partial charge < -0.3 is 5.32 Å². The maximum absolute atomic E-state index is 10.2. The Morgan fingerprint density at radius 3 is 2.57 bits per heavy atom. The lowest BCUT2D eigenvalue weighted by atomic mass is 10.6. The topological polar surface area (TPSA) is 29.1 Å². The summed E-state index contributed by atoms with van der Waals surface area (Å²) in [5.74, 6) is 0.175. The van der Waals surface area contributed by atoms with Gasteiger partial charge in [-0.3, -0.25) is 4.79 Å². The molecule has 0 aliphatic carbocycles. The Morgan fingerprint density at radius 2 is 2.43 bits per heavy atom. The Morgan fingerprint density at radius 1 is 1.86 bits per heavy atom. The van der Waals surface area contributed by atoms with Crippen molar-refractivity contribution >= 4 is 18.5 Å². The summed E-state index contributed by atoms with van der Waals surface area (Å²) in [7, 11) is 0. The van der Waals surface area contributed by atoms with Crippen molar-refractivity contribution in [1.29, 1.82) is 0 Å². The Kier molecular flexibility index (Phi) is 3.89. The van der Waals surface area contributed by atoms with E-state index in [1.165, 1.54) is 0 Å². The quantitative estimate of drug-likeness (QED) is 0.486. The number of hydrogen-bond donors (Lipinski definition) is 2. The summed E-state index contributed by atoms with van der Waals surface area (Å²) in [6, 6.07) is 0. The van der Waals surface area contributed by atoms with Crippen molar-refractivity contribution in [3.63, 3.8) is 0 Å². The van der Waals surface area contributed by atoms with E-state index in [1.54, 1.807) is 0 Å². The van der Waals surface area contributed by atoms with E-state index in [4.69, 9.17) is 0 Å². The number of nitrogens with one attached hydrogen (secondary N) is 1. The lowest BCUT2D eigenvalue weighted by molar-refractivity contribution is -0.118. The molecule has 0 atom stereocenters. The van der Waals surface area contributed by atoms with Crippen LogP contribution >= 0.6 is 12.6 Å². The smallest absolute Gasteiger partial charge is 0.229 e. The average Bonchev–Trinajstić information content (AvgIpc) is 1.68. The maximum atomic E-state index is 10.2. The Balaban J connectivity index is 3.00. The summed E-state index contributed by atoms with van der Waals surface area (Å²) >= 11 is 3.71. The van der Waals surface area contributed by atoms with Gasteiger partial charge in [-0.25, -0.2) is 0 Å².